The van der Waals surface area contributed by atoms with E-state index in [2.05, 4.69) is 72.3 Å². The van der Waals surface area contributed by atoms with Crippen LogP contribution >= 0.6 is 11.3 Å². The van der Waals surface area contributed by atoms with E-state index in [1.165, 1.54) is 52.8 Å². The van der Waals surface area contributed by atoms with Crippen LogP contribution in [0.4, 0.5) is 0 Å². The van der Waals surface area contributed by atoms with Gasteiger partial charge in [0.15, 0.2) is 0 Å². The largest absolute Gasteiger partial charge is 0.456 e. The SMILES string of the molecule is Cn1c2ccccc2c2c3c(ccc21)sc1cc2oc4ccccc4c2cc13. The number of aryl methyl sites for hydroxylation is 1. The van der Waals surface area contributed by atoms with Gasteiger partial charge < -0.3 is 8.98 Å². The van der Waals surface area contributed by atoms with Crippen molar-refractivity contribution < 1.29 is 4.42 Å². The number of nitrogens with zero attached hydrogens (tertiary/aromatic N) is 1. The Morgan fingerprint density at radius 2 is 1.46 bits per heavy atom. The van der Waals surface area contributed by atoms with E-state index in [4.69, 9.17) is 4.42 Å². The predicted octanol–water partition coefficient (Wildman–Crippen LogP) is 7.60. The molecule has 0 aliphatic rings. The Bertz CT molecular complexity index is 1730. The van der Waals surface area contributed by atoms with Crippen LogP contribution in [0.5, 0.6) is 0 Å². The first kappa shape index (κ1) is 14.7. The number of benzene rings is 4. The minimum Gasteiger partial charge on any atom is -0.456 e. The second-order valence-electron chi connectivity index (χ2n) is 7.45. The first-order valence-corrected chi connectivity index (χ1v) is 10.2. The molecule has 0 amide bonds. The lowest BCUT2D eigenvalue weighted by Crippen LogP contribution is -1.85. The minimum absolute atomic E-state index is 0.953. The van der Waals surface area contributed by atoms with Gasteiger partial charge in [-0.05, 0) is 36.4 Å². The number of fused-ring (bicyclic) bond motifs is 10. The number of thiophene rings is 1. The Labute approximate surface area is 164 Å². The quantitative estimate of drug-likeness (QED) is 0.266. The standard InChI is InChI=1S/C25H15NOS/c1-26-18-8-4-2-7-15(18)24-19(26)10-11-22-25(24)17-12-16-14-6-3-5-9-20(14)27-21(16)13-23(17)28-22/h2-13H,1H3. The molecule has 0 N–H and O–H groups in total. The lowest BCUT2D eigenvalue weighted by atomic mass is 10.0. The third kappa shape index (κ3) is 1.68. The fourth-order valence-corrected chi connectivity index (χ4v) is 5.86. The number of hydrogen-bond acceptors (Lipinski definition) is 2. The summed E-state index contributed by atoms with van der Waals surface area (Å²) in [5, 5.41) is 7.74. The number of rotatable bonds is 0. The number of aromatic nitrogens is 1. The van der Waals surface area contributed by atoms with Gasteiger partial charge in [-0.15, -0.1) is 11.3 Å². The summed E-state index contributed by atoms with van der Waals surface area (Å²) in [4.78, 5) is 0. The molecule has 3 aromatic heterocycles. The van der Waals surface area contributed by atoms with E-state index < -0.39 is 0 Å². The molecule has 0 unspecified atom stereocenters. The Hall–Kier alpha value is -3.30. The van der Waals surface area contributed by atoms with Gasteiger partial charge >= 0.3 is 0 Å². The third-order valence-corrected chi connectivity index (χ3v) is 7.13. The smallest absolute Gasteiger partial charge is 0.136 e. The van der Waals surface area contributed by atoms with E-state index in [1.54, 1.807) is 0 Å². The summed E-state index contributed by atoms with van der Waals surface area (Å²) in [6.45, 7) is 0. The zero-order valence-electron chi connectivity index (χ0n) is 15.2. The van der Waals surface area contributed by atoms with Crippen LogP contribution in [-0.4, -0.2) is 4.57 Å². The molecule has 0 radical (unpaired) electrons. The van der Waals surface area contributed by atoms with Gasteiger partial charge in [-0.1, -0.05) is 36.4 Å². The molecule has 28 heavy (non-hydrogen) atoms. The Kier molecular flexibility index (Phi) is 2.60. The first-order valence-electron chi connectivity index (χ1n) is 9.43. The van der Waals surface area contributed by atoms with Crippen molar-refractivity contribution in [1.82, 2.24) is 4.57 Å². The van der Waals surface area contributed by atoms with Gasteiger partial charge in [-0.3, -0.25) is 0 Å². The minimum atomic E-state index is 0.953. The molecule has 0 saturated carbocycles. The van der Waals surface area contributed by atoms with Crippen LogP contribution in [0, 0.1) is 0 Å². The number of furan rings is 1. The summed E-state index contributed by atoms with van der Waals surface area (Å²) in [5.41, 5.74) is 4.48. The summed E-state index contributed by atoms with van der Waals surface area (Å²) in [7, 11) is 2.16. The fourth-order valence-electron chi connectivity index (χ4n) is 4.74. The highest BCUT2D eigenvalue weighted by Crippen LogP contribution is 2.44. The lowest BCUT2D eigenvalue weighted by molar-refractivity contribution is 0.669. The third-order valence-electron chi connectivity index (χ3n) is 6.01. The summed E-state index contributed by atoms with van der Waals surface area (Å²) in [6, 6.07) is 26.1. The molecular weight excluding hydrogens is 362 g/mol. The van der Waals surface area contributed by atoms with Crippen molar-refractivity contribution in [2.75, 3.05) is 0 Å². The maximum atomic E-state index is 6.12. The van der Waals surface area contributed by atoms with Crippen LogP contribution in [0.15, 0.2) is 77.2 Å². The molecule has 7 aromatic rings. The summed E-state index contributed by atoms with van der Waals surface area (Å²) in [6.07, 6.45) is 0. The molecule has 0 aliphatic carbocycles. The molecule has 2 nitrogen and oxygen atoms in total. The maximum Gasteiger partial charge on any atom is 0.136 e. The topological polar surface area (TPSA) is 18.1 Å². The van der Waals surface area contributed by atoms with Gasteiger partial charge in [0, 0.05) is 59.8 Å². The van der Waals surface area contributed by atoms with Crippen molar-refractivity contribution in [2.45, 2.75) is 0 Å². The van der Waals surface area contributed by atoms with E-state index in [0.29, 0.717) is 0 Å². The zero-order chi connectivity index (χ0) is 18.4. The number of hydrogen-bond donors (Lipinski definition) is 0. The van der Waals surface area contributed by atoms with Gasteiger partial charge in [0.05, 0.1) is 0 Å². The van der Waals surface area contributed by atoms with Gasteiger partial charge in [-0.25, -0.2) is 0 Å². The molecule has 7 rings (SSSR count). The highest BCUT2D eigenvalue weighted by molar-refractivity contribution is 7.26. The monoisotopic (exact) mass is 377 g/mol. The lowest BCUT2D eigenvalue weighted by Gasteiger charge is -1.99. The van der Waals surface area contributed by atoms with Crippen LogP contribution in [0.2, 0.25) is 0 Å². The molecule has 0 bridgehead atoms. The Balaban J connectivity index is 1.77. The molecule has 0 aliphatic heterocycles. The average molecular weight is 377 g/mol. The maximum absolute atomic E-state index is 6.12. The summed E-state index contributed by atoms with van der Waals surface area (Å²) < 4.78 is 11.0. The van der Waals surface area contributed by atoms with Crippen LogP contribution in [0.1, 0.15) is 0 Å². The van der Waals surface area contributed by atoms with E-state index in [1.807, 2.05) is 23.5 Å². The molecule has 132 valence electrons. The van der Waals surface area contributed by atoms with Crippen molar-refractivity contribution in [3.05, 3.63) is 72.8 Å². The van der Waals surface area contributed by atoms with E-state index >= 15 is 0 Å². The second kappa shape index (κ2) is 4.94. The van der Waals surface area contributed by atoms with Gasteiger partial charge in [0.2, 0.25) is 0 Å². The first-order chi connectivity index (χ1) is 13.8. The Morgan fingerprint density at radius 3 is 2.39 bits per heavy atom. The summed E-state index contributed by atoms with van der Waals surface area (Å²) in [5.74, 6) is 0. The van der Waals surface area contributed by atoms with Gasteiger partial charge in [-0.2, -0.15) is 0 Å². The molecule has 0 fully saturated rings. The molecule has 0 saturated heterocycles. The van der Waals surface area contributed by atoms with Crippen LogP contribution in [0.25, 0.3) is 63.9 Å². The molecule has 4 aromatic carbocycles. The van der Waals surface area contributed by atoms with Crippen molar-refractivity contribution in [2.24, 2.45) is 7.05 Å². The molecule has 3 heteroatoms. The van der Waals surface area contributed by atoms with E-state index in [0.717, 1.165) is 11.2 Å². The van der Waals surface area contributed by atoms with E-state index in [9.17, 15) is 0 Å². The molecule has 3 heterocycles. The van der Waals surface area contributed by atoms with Crippen molar-refractivity contribution >= 4 is 75.3 Å². The van der Waals surface area contributed by atoms with Crippen LogP contribution < -0.4 is 0 Å². The average Bonchev–Trinajstić information content (AvgIpc) is 3.36. The normalized spacial score (nSPS) is 12.5. The molecular formula is C25H15NOS. The summed E-state index contributed by atoms with van der Waals surface area (Å²) >= 11 is 1.85. The van der Waals surface area contributed by atoms with Crippen molar-refractivity contribution in [3.8, 4) is 0 Å². The predicted molar refractivity (Wildman–Crippen MR) is 121 cm³/mol. The van der Waals surface area contributed by atoms with Crippen LogP contribution in [-0.2, 0) is 7.05 Å². The zero-order valence-corrected chi connectivity index (χ0v) is 16.0. The Morgan fingerprint density at radius 1 is 0.643 bits per heavy atom. The van der Waals surface area contributed by atoms with E-state index in [-0.39, 0.29) is 0 Å². The van der Waals surface area contributed by atoms with Gasteiger partial charge in [0.25, 0.3) is 0 Å². The van der Waals surface area contributed by atoms with Gasteiger partial charge in [0.1, 0.15) is 11.2 Å². The fraction of sp³-hybridized carbons (Fsp3) is 0.0400. The second-order valence-corrected chi connectivity index (χ2v) is 8.54. The van der Waals surface area contributed by atoms with Crippen molar-refractivity contribution in [3.63, 3.8) is 0 Å². The van der Waals surface area contributed by atoms with Crippen molar-refractivity contribution in [1.29, 1.82) is 0 Å². The molecule has 0 atom stereocenters. The highest BCUT2D eigenvalue weighted by atomic mass is 32.1. The molecule has 0 spiro atoms. The number of para-hydroxylation sites is 2. The highest BCUT2D eigenvalue weighted by Gasteiger charge is 2.17. The van der Waals surface area contributed by atoms with Crippen LogP contribution in [0.3, 0.4) is 0 Å².